The number of fused-ring (bicyclic) bond motifs is 1. The Morgan fingerprint density at radius 2 is 2.03 bits per heavy atom. The Morgan fingerprint density at radius 3 is 2.76 bits per heavy atom. The predicted molar refractivity (Wildman–Crippen MR) is 134 cm³/mol. The molecule has 0 fully saturated rings. The third-order valence-corrected chi connectivity index (χ3v) is 7.10. The highest BCUT2D eigenvalue weighted by molar-refractivity contribution is 7.09. The largest absolute Gasteiger partial charge is 0.486 e. The van der Waals surface area contributed by atoms with E-state index in [-0.39, 0.29) is 17.9 Å². The number of carbonyl (C=O) groups is 2. The highest BCUT2D eigenvalue weighted by atomic mass is 32.1. The van der Waals surface area contributed by atoms with Crippen molar-refractivity contribution in [3.63, 3.8) is 0 Å². The van der Waals surface area contributed by atoms with Gasteiger partial charge in [-0.1, -0.05) is 42.8 Å². The van der Waals surface area contributed by atoms with E-state index in [2.05, 4.69) is 42.2 Å². The summed E-state index contributed by atoms with van der Waals surface area (Å²) in [5.41, 5.74) is 5.08. The summed E-state index contributed by atoms with van der Waals surface area (Å²) in [4.78, 5) is 33.2. The molecule has 0 aliphatic carbocycles. The van der Waals surface area contributed by atoms with Crippen LogP contribution in [0.5, 0.6) is 5.75 Å². The van der Waals surface area contributed by atoms with Crippen molar-refractivity contribution in [1.82, 2.24) is 14.8 Å². The van der Waals surface area contributed by atoms with Crippen LogP contribution in [-0.2, 0) is 17.8 Å². The van der Waals surface area contributed by atoms with Gasteiger partial charge in [-0.25, -0.2) is 4.98 Å². The van der Waals surface area contributed by atoms with Crippen LogP contribution in [0.4, 0.5) is 0 Å². The summed E-state index contributed by atoms with van der Waals surface area (Å²) in [5, 5.41) is 2.53. The Balaban J connectivity index is 1.59. The molecule has 34 heavy (non-hydrogen) atoms. The maximum Gasteiger partial charge on any atom is 0.273 e. The van der Waals surface area contributed by atoms with Gasteiger partial charge in [-0.2, -0.15) is 0 Å². The van der Waals surface area contributed by atoms with Crippen LogP contribution in [0.25, 0.3) is 0 Å². The molecule has 1 atom stereocenters. The number of thiazole rings is 1. The lowest BCUT2D eigenvalue weighted by Gasteiger charge is -2.38. The van der Waals surface area contributed by atoms with Gasteiger partial charge in [0.2, 0.25) is 5.91 Å². The third kappa shape index (κ3) is 4.99. The van der Waals surface area contributed by atoms with Crippen LogP contribution < -0.4 is 4.74 Å². The Bertz CT molecular complexity index is 1190. The van der Waals surface area contributed by atoms with Crippen molar-refractivity contribution in [2.24, 2.45) is 0 Å². The van der Waals surface area contributed by atoms with Crippen molar-refractivity contribution in [1.29, 1.82) is 0 Å². The van der Waals surface area contributed by atoms with E-state index in [9.17, 15) is 9.59 Å². The highest BCUT2D eigenvalue weighted by Crippen LogP contribution is 2.38. The number of carbonyl (C=O) groups excluding carboxylic acids is 2. The van der Waals surface area contributed by atoms with E-state index in [0.717, 1.165) is 28.3 Å². The first kappa shape index (κ1) is 24.0. The molecule has 1 aromatic heterocycles. The maximum atomic E-state index is 12.8. The molecule has 4 rings (SSSR count). The number of rotatable bonds is 7. The number of aromatic nitrogens is 1. The quantitative estimate of drug-likeness (QED) is 0.480. The fraction of sp³-hybridized carbons (Fsp3) is 0.370. The van der Waals surface area contributed by atoms with Crippen LogP contribution in [0.2, 0.25) is 0 Å². The molecule has 0 saturated heterocycles. The maximum absolute atomic E-state index is 12.8. The number of aryl methyl sites for hydroxylation is 1. The van der Waals surface area contributed by atoms with Crippen LogP contribution in [0.3, 0.4) is 0 Å². The molecule has 2 heterocycles. The number of benzene rings is 2. The van der Waals surface area contributed by atoms with Gasteiger partial charge in [0.25, 0.3) is 5.91 Å². The normalized spacial score (nSPS) is 15.1. The summed E-state index contributed by atoms with van der Waals surface area (Å²) in [6.07, 6.45) is 1.30. The van der Waals surface area contributed by atoms with Crippen molar-refractivity contribution in [2.45, 2.75) is 46.3 Å². The SMILES string of the molecule is CCC(=O)N1CCc2ccc(OCc3nc(C(=O)N(C)CC)cs3)cc2[C@H]1c1cccc(C)c1. The van der Waals surface area contributed by atoms with Crippen molar-refractivity contribution >= 4 is 23.2 Å². The van der Waals surface area contributed by atoms with Crippen molar-refractivity contribution < 1.29 is 14.3 Å². The second-order valence-corrected chi connectivity index (χ2v) is 9.55. The molecule has 0 unspecified atom stereocenters. The fourth-order valence-corrected chi connectivity index (χ4v) is 4.99. The molecular formula is C27H31N3O3S. The van der Waals surface area contributed by atoms with Crippen LogP contribution >= 0.6 is 11.3 Å². The second kappa shape index (κ2) is 10.4. The minimum absolute atomic E-state index is 0.0829. The van der Waals surface area contributed by atoms with E-state index < -0.39 is 0 Å². The molecule has 1 aliphatic rings. The van der Waals surface area contributed by atoms with E-state index >= 15 is 0 Å². The van der Waals surface area contributed by atoms with E-state index in [1.165, 1.54) is 22.5 Å². The number of amides is 2. The second-order valence-electron chi connectivity index (χ2n) is 8.60. The van der Waals surface area contributed by atoms with Gasteiger partial charge in [0, 0.05) is 31.9 Å². The molecule has 2 aromatic carbocycles. The van der Waals surface area contributed by atoms with Crippen LogP contribution in [0.15, 0.2) is 47.8 Å². The summed E-state index contributed by atoms with van der Waals surface area (Å²) in [5.74, 6) is 0.803. The Labute approximate surface area is 205 Å². The smallest absolute Gasteiger partial charge is 0.273 e. The Morgan fingerprint density at radius 1 is 1.21 bits per heavy atom. The molecule has 0 N–H and O–H groups in total. The monoisotopic (exact) mass is 477 g/mol. The molecular weight excluding hydrogens is 446 g/mol. The molecule has 0 spiro atoms. The van der Waals surface area contributed by atoms with E-state index in [1.807, 2.05) is 30.9 Å². The lowest BCUT2D eigenvalue weighted by atomic mass is 9.87. The van der Waals surface area contributed by atoms with Gasteiger partial charge in [-0.15, -0.1) is 11.3 Å². The molecule has 1 aliphatic heterocycles. The van der Waals surface area contributed by atoms with Gasteiger partial charge >= 0.3 is 0 Å². The molecule has 0 radical (unpaired) electrons. The number of hydrogen-bond donors (Lipinski definition) is 0. The van der Waals surface area contributed by atoms with Gasteiger partial charge < -0.3 is 14.5 Å². The molecule has 178 valence electrons. The summed E-state index contributed by atoms with van der Waals surface area (Å²) in [6, 6.07) is 14.4. The van der Waals surface area contributed by atoms with Gasteiger partial charge in [0.1, 0.15) is 23.1 Å². The van der Waals surface area contributed by atoms with E-state index in [4.69, 9.17) is 4.74 Å². The standard InChI is InChI=1S/C27H31N3O3S/c1-5-25(31)30-13-12-19-10-11-21(15-22(19)26(30)20-9-7-8-18(3)14-20)33-16-24-28-23(17-34-24)27(32)29(4)6-2/h7-11,14-15,17,26H,5-6,12-13,16H2,1-4H3/t26-/m1/s1. The van der Waals surface area contributed by atoms with Gasteiger partial charge in [-0.05, 0) is 49.1 Å². The first-order valence-electron chi connectivity index (χ1n) is 11.7. The van der Waals surface area contributed by atoms with Gasteiger partial charge in [-0.3, -0.25) is 9.59 Å². The minimum Gasteiger partial charge on any atom is -0.486 e. The zero-order valence-electron chi connectivity index (χ0n) is 20.2. The molecule has 0 bridgehead atoms. The summed E-state index contributed by atoms with van der Waals surface area (Å²) < 4.78 is 6.09. The zero-order valence-corrected chi connectivity index (χ0v) is 21.0. The van der Waals surface area contributed by atoms with Crippen LogP contribution in [0.1, 0.15) is 64.1 Å². The molecule has 3 aromatic rings. The van der Waals surface area contributed by atoms with Crippen LogP contribution in [-0.4, -0.2) is 46.7 Å². The molecule has 6 nitrogen and oxygen atoms in total. The lowest BCUT2D eigenvalue weighted by molar-refractivity contribution is -0.132. The summed E-state index contributed by atoms with van der Waals surface area (Å²) in [7, 11) is 1.77. The Kier molecular flexibility index (Phi) is 7.32. The number of hydrogen-bond acceptors (Lipinski definition) is 5. The topological polar surface area (TPSA) is 62.7 Å². The Hall–Kier alpha value is -3.19. The molecule has 2 amide bonds. The van der Waals surface area contributed by atoms with Crippen LogP contribution in [0, 0.1) is 6.92 Å². The molecule has 0 saturated carbocycles. The van der Waals surface area contributed by atoms with E-state index in [1.54, 1.807) is 17.3 Å². The zero-order chi connectivity index (χ0) is 24.2. The van der Waals surface area contributed by atoms with Gasteiger partial charge in [0.15, 0.2) is 0 Å². The summed E-state index contributed by atoms with van der Waals surface area (Å²) in [6.45, 7) is 7.56. The summed E-state index contributed by atoms with van der Waals surface area (Å²) >= 11 is 1.42. The third-order valence-electron chi connectivity index (χ3n) is 6.28. The number of nitrogens with zero attached hydrogens (tertiary/aromatic N) is 3. The fourth-order valence-electron chi connectivity index (χ4n) is 4.31. The minimum atomic E-state index is -0.131. The first-order chi connectivity index (χ1) is 16.4. The van der Waals surface area contributed by atoms with Crippen molar-refractivity contribution in [2.75, 3.05) is 20.1 Å². The van der Waals surface area contributed by atoms with Crippen molar-refractivity contribution in [3.8, 4) is 5.75 Å². The average Bonchev–Trinajstić information content (AvgIpc) is 3.34. The van der Waals surface area contributed by atoms with Gasteiger partial charge in [0.05, 0.1) is 6.04 Å². The van der Waals surface area contributed by atoms with Crippen molar-refractivity contribution in [3.05, 3.63) is 80.8 Å². The lowest BCUT2D eigenvalue weighted by Crippen LogP contribution is -2.40. The average molecular weight is 478 g/mol. The number of ether oxygens (including phenoxy) is 1. The highest BCUT2D eigenvalue weighted by Gasteiger charge is 2.31. The molecule has 7 heteroatoms. The first-order valence-corrected chi connectivity index (χ1v) is 12.6. The predicted octanol–water partition coefficient (Wildman–Crippen LogP) is 5.01. The van der Waals surface area contributed by atoms with E-state index in [0.29, 0.717) is 31.8 Å².